The molecule has 0 saturated carbocycles. The zero-order valence-electron chi connectivity index (χ0n) is 14.4. The molecule has 0 atom stereocenters. The predicted octanol–water partition coefficient (Wildman–Crippen LogP) is 2.80. The molecule has 0 aliphatic rings. The van der Waals surface area contributed by atoms with E-state index in [2.05, 4.69) is 11.9 Å². The van der Waals surface area contributed by atoms with Crippen LogP contribution in [0.3, 0.4) is 0 Å². The first-order valence-corrected chi connectivity index (χ1v) is 9.33. The maximum Gasteiger partial charge on any atom is 0.264 e. The van der Waals surface area contributed by atoms with Crippen LogP contribution < -0.4 is 9.62 Å². The smallest absolute Gasteiger partial charge is 0.264 e. The third-order valence-corrected chi connectivity index (χ3v) is 5.63. The average molecular weight is 358 g/mol. The van der Waals surface area contributed by atoms with Crippen LogP contribution in [-0.2, 0) is 14.8 Å². The molecule has 0 saturated heterocycles. The van der Waals surface area contributed by atoms with Crippen molar-refractivity contribution in [2.75, 3.05) is 17.4 Å². The van der Waals surface area contributed by atoms with E-state index in [-0.39, 0.29) is 18.0 Å². The topological polar surface area (TPSA) is 66.5 Å². The highest BCUT2D eigenvalue weighted by atomic mass is 32.2. The van der Waals surface area contributed by atoms with E-state index in [1.807, 2.05) is 19.9 Å². The number of nitrogens with one attached hydrogen (secondary N) is 1. The van der Waals surface area contributed by atoms with E-state index in [4.69, 9.17) is 0 Å². The molecule has 5 nitrogen and oxygen atoms in total. The Morgan fingerprint density at radius 2 is 1.80 bits per heavy atom. The molecule has 0 heterocycles. The van der Waals surface area contributed by atoms with Gasteiger partial charge in [-0.15, -0.1) is 6.58 Å². The summed E-state index contributed by atoms with van der Waals surface area (Å²) >= 11 is 0. The van der Waals surface area contributed by atoms with Crippen molar-refractivity contribution in [2.45, 2.75) is 18.7 Å². The van der Waals surface area contributed by atoms with Crippen LogP contribution in [0.1, 0.15) is 11.1 Å². The zero-order chi connectivity index (χ0) is 18.4. The van der Waals surface area contributed by atoms with Crippen molar-refractivity contribution >= 4 is 21.6 Å². The van der Waals surface area contributed by atoms with E-state index in [1.165, 1.54) is 12.1 Å². The Kier molecular flexibility index (Phi) is 5.98. The summed E-state index contributed by atoms with van der Waals surface area (Å²) in [6.07, 6.45) is 1.55. The van der Waals surface area contributed by atoms with Crippen LogP contribution in [0.15, 0.2) is 66.1 Å². The van der Waals surface area contributed by atoms with Crippen LogP contribution in [0.2, 0.25) is 0 Å². The number of sulfonamides is 1. The molecule has 2 rings (SSSR count). The average Bonchev–Trinajstić information content (AvgIpc) is 2.61. The number of hydrogen-bond acceptors (Lipinski definition) is 3. The summed E-state index contributed by atoms with van der Waals surface area (Å²) in [5.74, 6) is -0.391. The summed E-state index contributed by atoms with van der Waals surface area (Å²) in [5, 5.41) is 2.62. The second kappa shape index (κ2) is 7.98. The van der Waals surface area contributed by atoms with Gasteiger partial charge >= 0.3 is 0 Å². The standard InChI is InChI=1S/C19H22N2O3S/c1-4-12-20-19(22)14-21(17-11-10-15(2)16(3)13-17)25(23,24)18-8-6-5-7-9-18/h4-11,13H,1,12,14H2,2-3H3,(H,20,22). The van der Waals surface area contributed by atoms with Crippen LogP contribution in [0.25, 0.3) is 0 Å². The fourth-order valence-corrected chi connectivity index (χ4v) is 3.72. The number of hydrogen-bond donors (Lipinski definition) is 1. The second-order valence-corrected chi connectivity index (χ2v) is 7.55. The molecule has 0 radical (unpaired) electrons. The van der Waals surface area contributed by atoms with Gasteiger partial charge in [-0.25, -0.2) is 8.42 Å². The maximum atomic E-state index is 13.1. The van der Waals surface area contributed by atoms with Crippen LogP contribution in [0.4, 0.5) is 5.69 Å². The molecule has 25 heavy (non-hydrogen) atoms. The predicted molar refractivity (Wildman–Crippen MR) is 100 cm³/mol. The van der Waals surface area contributed by atoms with Crippen LogP contribution in [0, 0.1) is 13.8 Å². The number of nitrogens with zero attached hydrogens (tertiary/aromatic N) is 1. The minimum Gasteiger partial charge on any atom is -0.351 e. The van der Waals surface area contributed by atoms with E-state index in [9.17, 15) is 13.2 Å². The first-order valence-electron chi connectivity index (χ1n) is 7.89. The molecular weight excluding hydrogens is 336 g/mol. The molecule has 0 spiro atoms. The number of benzene rings is 2. The number of rotatable bonds is 7. The lowest BCUT2D eigenvalue weighted by Crippen LogP contribution is -2.41. The molecule has 6 heteroatoms. The van der Waals surface area contributed by atoms with Crippen molar-refractivity contribution in [2.24, 2.45) is 0 Å². The first-order chi connectivity index (χ1) is 11.9. The van der Waals surface area contributed by atoms with Crippen LogP contribution >= 0.6 is 0 Å². The van der Waals surface area contributed by atoms with E-state index >= 15 is 0 Å². The van der Waals surface area contributed by atoms with Crippen molar-refractivity contribution in [3.8, 4) is 0 Å². The minimum atomic E-state index is -3.86. The molecular formula is C19H22N2O3S. The largest absolute Gasteiger partial charge is 0.351 e. The summed E-state index contributed by atoms with van der Waals surface area (Å²) in [4.78, 5) is 12.3. The van der Waals surface area contributed by atoms with Crippen molar-refractivity contribution in [1.82, 2.24) is 5.32 Å². The van der Waals surface area contributed by atoms with Crippen molar-refractivity contribution in [1.29, 1.82) is 0 Å². The van der Waals surface area contributed by atoms with Crippen molar-refractivity contribution in [3.63, 3.8) is 0 Å². The first kappa shape index (κ1) is 18.7. The van der Waals surface area contributed by atoms with Crippen molar-refractivity contribution < 1.29 is 13.2 Å². The highest BCUT2D eigenvalue weighted by molar-refractivity contribution is 7.92. The number of carbonyl (C=O) groups excluding carboxylic acids is 1. The molecule has 1 amide bonds. The van der Waals surface area contributed by atoms with Gasteiger partial charge in [0.2, 0.25) is 5.91 Å². The van der Waals surface area contributed by atoms with Gasteiger partial charge in [0.15, 0.2) is 0 Å². The lowest BCUT2D eigenvalue weighted by atomic mass is 10.1. The third kappa shape index (κ3) is 4.48. The number of aryl methyl sites for hydroxylation is 2. The molecule has 0 bridgehead atoms. The van der Waals surface area contributed by atoms with Gasteiger partial charge in [-0.3, -0.25) is 9.10 Å². The summed E-state index contributed by atoms with van der Waals surface area (Å²) in [6, 6.07) is 13.4. The summed E-state index contributed by atoms with van der Waals surface area (Å²) in [7, 11) is -3.86. The zero-order valence-corrected chi connectivity index (χ0v) is 15.2. The molecule has 132 valence electrons. The van der Waals surface area contributed by atoms with Gasteiger partial charge in [0.05, 0.1) is 10.6 Å². The summed E-state index contributed by atoms with van der Waals surface area (Å²) in [6.45, 7) is 7.38. The number of amides is 1. The summed E-state index contributed by atoms with van der Waals surface area (Å²) in [5.41, 5.74) is 2.47. The normalized spacial score (nSPS) is 11.0. The molecule has 2 aromatic rings. The quantitative estimate of drug-likeness (QED) is 0.774. The van der Waals surface area contributed by atoms with Gasteiger partial charge in [-0.05, 0) is 49.2 Å². The highest BCUT2D eigenvalue weighted by Gasteiger charge is 2.27. The number of carbonyl (C=O) groups is 1. The van der Waals surface area contributed by atoms with Gasteiger partial charge in [0, 0.05) is 6.54 Å². The Labute approximate surface area is 149 Å². The van der Waals surface area contributed by atoms with Crippen molar-refractivity contribution in [3.05, 3.63) is 72.3 Å². The maximum absolute atomic E-state index is 13.1. The molecule has 0 aromatic heterocycles. The Morgan fingerprint density at radius 3 is 2.40 bits per heavy atom. The highest BCUT2D eigenvalue weighted by Crippen LogP contribution is 2.25. The van der Waals surface area contributed by atoms with Gasteiger partial charge in [-0.1, -0.05) is 30.3 Å². The van der Waals surface area contributed by atoms with Gasteiger partial charge in [0.25, 0.3) is 10.0 Å². The van der Waals surface area contributed by atoms with E-state index in [0.29, 0.717) is 5.69 Å². The fraction of sp³-hybridized carbons (Fsp3) is 0.211. The summed E-state index contributed by atoms with van der Waals surface area (Å²) < 4.78 is 27.3. The fourth-order valence-electron chi connectivity index (χ4n) is 2.29. The SMILES string of the molecule is C=CCNC(=O)CN(c1ccc(C)c(C)c1)S(=O)(=O)c1ccccc1. The Bertz CT molecular complexity index is 861. The third-order valence-electron chi connectivity index (χ3n) is 3.84. The van der Waals surface area contributed by atoms with Gasteiger partial charge < -0.3 is 5.32 Å². The molecule has 0 fully saturated rings. The van der Waals surface area contributed by atoms with E-state index in [0.717, 1.165) is 15.4 Å². The molecule has 1 N–H and O–H groups in total. The van der Waals surface area contributed by atoms with Gasteiger partial charge in [-0.2, -0.15) is 0 Å². The lowest BCUT2D eigenvalue weighted by Gasteiger charge is -2.24. The number of anilines is 1. The van der Waals surface area contributed by atoms with Crippen LogP contribution in [0.5, 0.6) is 0 Å². The second-order valence-electron chi connectivity index (χ2n) is 5.69. The molecule has 2 aromatic carbocycles. The molecule has 0 aliphatic carbocycles. The Balaban J connectivity index is 2.46. The van der Waals surface area contributed by atoms with E-state index < -0.39 is 15.9 Å². The van der Waals surface area contributed by atoms with Gasteiger partial charge in [0.1, 0.15) is 6.54 Å². The molecule has 0 aliphatic heterocycles. The minimum absolute atomic E-state index is 0.143. The monoisotopic (exact) mass is 358 g/mol. The van der Waals surface area contributed by atoms with E-state index in [1.54, 1.807) is 36.4 Å². The molecule has 0 unspecified atom stereocenters. The Hall–Kier alpha value is -2.60. The van der Waals surface area contributed by atoms with Crippen LogP contribution in [-0.4, -0.2) is 27.4 Å². The Morgan fingerprint density at radius 1 is 1.12 bits per heavy atom. The lowest BCUT2D eigenvalue weighted by molar-refractivity contribution is -0.119.